The SMILES string of the molecule is Nc1ccc(-c2noc(C3CCCCC3)n2)cn1. The van der Waals surface area contributed by atoms with Crippen molar-refractivity contribution < 1.29 is 4.52 Å². The molecule has 0 spiro atoms. The van der Waals surface area contributed by atoms with E-state index in [2.05, 4.69) is 15.1 Å². The van der Waals surface area contributed by atoms with Gasteiger partial charge in [0.05, 0.1) is 0 Å². The largest absolute Gasteiger partial charge is 0.384 e. The lowest BCUT2D eigenvalue weighted by molar-refractivity contribution is 0.314. The number of pyridine rings is 1. The third kappa shape index (κ3) is 2.20. The van der Waals surface area contributed by atoms with E-state index >= 15 is 0 Å². The molecule has 5 nitrogen and oxygen atoms in total. The highest BCUT2D eigenvalue weighted by atomic mass is 16.5. The van der Waals surface area contributed by atoms with Crippen molar-refractivity contribution >= 4 is 5.82 Å². The first-order valence-corrected chi connectivity index (χ1v) is 6.38. The summed E-state index contributed by atoms with van der Waals surface area (Å²) in [6, 6.07) is 3.60. The van der Waals surface area contributed by atoms with E-state index in [1.54, 1.807) is 12.3 Å². The summed E-state index contributed by atoms with van der Waals surface area (Å²) in [7, 11) is 0. The molecule has 94 valence electrons. The minimum Gasteiger partial charge on any atom is -0.384 e. The van der Waals surface area contributed by atoms with Crippen LogP contribution < -0.4 is 5.73 Å². The highest BCUT2D eigenvalue weighted by Gasteiger charge is 2.21. The summed E-state index contributed by atoms with van der Waals surface area (Å²) in [4.78, 5) is 8.51. The van der Waals surface area contributed by atoms with E-state index in [4.69, 9.17) is 10.3 Å². The summed E-state index contributed by atoms with van der Waals surface area (Å²) in [6.07, 6.45) is 7.81. The monoisotopic (exact) mass is 244 g/mol. The molecule has 0 atom stereocenters. The van der Waals surface area contributed by atoms with Gasteiger partial charge in [-0.3, -0.25) is 0 Å². The van der Waals surface area contributed by atoms with Crippen molar-refractivity contribution in [1.82, 2.24) is 15.1 Å². The van der Waals surface area contributed by atoms with Crippen LogP contribution in [0, 0.1) is 0 Å². The molecule has 0 unspecified atom stereocenters. The summed E-state index contributed by atoms with van der Waals surface area (Å²) in [5.41, 5.74) is 6.39. The fourth-order valence-electron chi connectivity index (χ4n) is 2.41. The van der Waals surface area contributed by atoms with Crippen molar-refractivity contribution in [3.8, 4) is 11.4 Å². The lowest BCUT2D eigenvalue weighted by Gasteiger charge is -2.17. The van der Waals surface area contributed by atoms with Gasteiger partial charge < -0.3 is 10.3 Å². The minimum atomic E-state index is 0.432. The average Bonchev–Trinajstić information content (AvgIpc) is 2.90. The van der Waals surface area contributed by atoms with Crippen molar-refractivity contribution in [2.24, 2.45) is 0 Å². The number of rotatable bonds is 2. The van der Waals surface area contributed by atoms with Crippen LogP contribution in [-0.2, 0) is 0 Å². The lowest BCUT2D eigenvalue weighted by Crippen LogP contribution is -2.04. The predicted molar refractivity (Wildman–Crippen MR) is 67.8 cm³/mol. The fraction of sp³-hybridized carbons (Fsp3) is 0.462. The second-order valence-corrected chi connectivity index (χ2v) is 4.76. The van der Waals surface area contributed by atoms with Crippen LogP contribution in [-0.4, -0.2) is 15.1 Å². The zero-order valence-corrected chi connectivity index (χ0v) is 10.2. The number of nitrogens with two attached hydrogens (primary N) is 1. The van der Waals surface area contributed by atoms with Gasteiger partial charge in [0.15, 0.2) is 0 Å². The summed E-state index contributed by atoms with van der Waals surface area (Å²) >= 11 is 0. The Kier molecular flexibility index (Phi) is 2.96. The van der Waals surface area contributed by atoms with E-state index in [1.165, 1.54) is 19.3 Å². The molecule has 1 aliphatic rings. The van der Waals surface area contributed by atoms with Gasteiger partial charge in [-0.15, -0.1) is 0 Å². The number of nitrogen functional groups attached to an aromatic ring is 1. The van der Waals surface area contributed by atoms with Crippen LogP contribution in [0.3, 0.4) is 0 Å². The molecule has 18 heavy (non-hydrogen) atoms. The maximum absolute atomic E-state index is 5.55. The summed E-state index contributed by atoms with van der Waals surface area (Å²) in [5.74, 6) is 2.29. The summed E-state index contributed by atoms with van der Waals surface area (Å²) in [6.45, 7) is 0. The molecule has 3 rings (SSSR count). The molecule has 0 saturated heterocycles. The molecule has 2 aromatic rings. The lowest BCUT2D eigenvalue weighted by atomic mass is 9.89. The van der Waals surface area contributed by atoms with E-state index in [9.17, 15) is 0 Å². The van der Waals surface area contributed by atoms with Gasteiger partial charge in [0.25, 0.3) is 0 Å². The number of aromatic nitrogens is 3. The van der Waals surface area contributed by atoms with Crippen molar-refractivity contribution in [1.29, 1.82) is 0 Å². The smallest absolute Gasteiger partial charge is 0.230 e. The molecule has 0 amide bonds. The van der Waals surface area contributed by atoms with Gasteiger partial charge in [-0.1, -0.05) is 24.4 Å². The van der Waals surface area contributed by atoms with Gasteiger partial charge in [-0.05, 0) is 25.0 Å². The quantitative estimate of drug-likeness (QED) is 0.878. The zero-order chi connectivity index (χ0) is 12.4. The van der Waals surface area contributed by atoms with Gasteiger partial charge >= 0.3 is 0 Å². The van der Waals surface area contributed by atoms with E-state index in [0.29, 0.717) is 17.6 Å². The molecular formula is C13H16N4O. The highest BCUT2D eigenvalue weighted by molar-refractivity contribution is 5.54. The fourth-order valence-corrected chi connectivity index (χ4v) is 2.41. The molecule has 1 aliphatic carbocycles. The minimum absolute atomic E-state index is 0.432. The Morgan fingerprint density at radius 3 is 2.72 bits per heavy atom. The first-order valence-electron chi connectivity index (χ1n) is 6.38. The van der Waals surface area contributed by atoms with E-state index in [-0.39, 0.29) is 0 Å². The highest BCUT2D eigenvalue weighted by Crippen LogP contribution is 2.32. The number of hydrogen-bond acceptors (Lipinski definition) is 5. The van der Waals surface area contributed by atoms with Crippen LogP contribution in [0.25, 0.3) is 11.4 Å². The molecule has 5 heteroatoms. The number of nitrogens with zero attached hydrogens (tertiary/aromatic N) is 3. The maximum atomic E-state index is 5.55. The summed E-state index contributed by atoms with van der Waals surface area (Å²) in [5, 5.41) is 4.02. The molecular weight excluding hydrogens is 228 g/mol. The second-order valence-electron chi connectivity index (χ2n) is 4.76. The van der Waals surface area contributed by atoms with Crippen LogP contribution in [0.15, 0.2) is 22.9 Å². The maximum Gasteiger partial charge on any atom is 0.230 e. The molecule has 1 fully saturated rings. The van der Waals surface area contributed by atoms with Crippen LogP contribution in [0.1, 0.15) is 43.9 Å². The van der Waals surface area contributed by atoms with Crippen LogP contribution in [0.4, 0.5) is 5.82 Å². The second kappa shape index (κ2) is 4.76. The molecule has 2 aromatic heterocycles. The average molecular weight is 244 g/mol. The normalized spacial score (nSPS) is 16.9. The van der Waals surface area contributed by atoms with Crippen molar-refractivity contribution in [2.75, 3.05) is 5.73 Å². The van der Waals surface area contributed by atoms with Crippen LogP contribution in [0.2, 0.25) is 0 Å². The van der Waals surface area contributed by atoms with Gasteiger partial charge in [-0.2, -0.15) is 4.98 Å². The van der Waals surface area contributed by atoms with E-state index in [1.807, 2.05) is 6.07 Å². The molecule has 0 aliphatic heterocycles. The van der Waals surface area contributed by atoms with Gasteiger partial charge in [0.2, 0.25) is 11.7 Å². The van der Waals surface area contributed by atoms with Gasteiger partial charge in [0.1, 0.15) is 5.82 Å². The topological polar surface area (TPSA) is 77.8 Å². The Morgan fingerprint density at radius 1 is 1.17 bits per heavy atom. The van der Waals surface area contributed by atoms with Gasteiger partial charge in [-0.25, -0.2) is 4.98 Å². The first-order chi connectivity index (χ1) is 8.83. The Hall–Kier alpha value is -1.91. The van der Waals surface area contributed by atoms with Crippen molar-refractivity contribution in [3.63, 3.8) is 0 Å². The first kappa shape index (κ1) is 11.2. The predicted octanol–water partition coefficient (Wildman–Crippen LogP) is 2.76. The van der Waals surface area contributed by atoms with E-state index < -0.39 is 0 Å². The molecule has 0 bridgehead atoms. The number of anilines is 1. The van der Waals surface area contributed by atoms with Crippen LogP contribution >= 0.6 is 0 Å². The summed E-state index contributed by atoms with van der Waals surface area (Å²) < 4.78 is 5.37. The Balaban J connectivity index is 1.82. The third-order valence-electron chi connectivity index (χ3n) is 3.44. The van der Waals surface area contributed by atoms with Gasteiger partial charge in [0, 0.05) is 17.7 Å². The molecule has 2 N–H and O–H groups in total. The van der Waals surface area contributed by atoms with Crippen molar-refractivity contribution in [3.05, 3.63) is 24.2 Å². The zero-order valence-electron chi connectivity index (χ0n) is 10.2. The Bertz CT molecular complexity index is 514. The standard InChI is InChI=1S/C13H16N4O/c14-11-7-6-10(8-15-11)12-16-13(18-17-12)9-4-2-1-3-5-9/h6-9H,1-5H2,(H2,14,15). The molecule has 1 saturated carbocycles. The Morgan fingerprint density at radius 2 is 2.00 bits per heavy atom. The van der Waals surface area contributed by atoms with Crippen molar-refractivity contribution in [2.45, 2.75) is 38.0 Å². The Labute approximate surface area is 105 Å². The van der Waals surface area contributed by atoms with E-state index in [0.717, 1.165) is 24.3 Å². The molecule has 0 aromatic carbocycles. The number of hydrogen-bond donors (Lipinski definition) is 1. The third-order valence-corrected chi connectivity index (χ3v) is 3.44. The van der Waals surface area contributed by atoms with Crippen LogP contribution in [0.5, 0.6) is 0 Å². The molecule has 0 radical (unpaired) electrons. The molecule has 2 heterocycles.